The minimum atomic E-state index is 0.0879. The highest BCUT2D eigenvalue weighted by Gasteiger charge is 2.35. The monoisotopic (exact) mass is 292 g/mol. The Morgan fingerprint density at radius 3 is 2.36 bits per heavy atom. The molecule has 0 spiro atoms. The van der Waals surface area contributed by atoms with Crippen molar-refractivity contribution >= 4 is 5.69 Å². The number of nitrogens with zero attached hydrogens (tertiary/aromatic N) is 2. The average Bonchev–Trinajstić information content (AvgIpc) is 2.55. The molecule has 2 aromatic rings. The van der Waals surface area contributed by atoms with Crippen molar-refractivity contribution in [2.45, 2.75) is 44.9 Å². The lowest BCUT2D eigenvalue weighted by molar-refractivity contribution is 0.457. The molecule has 1 aromatic carbocycles. The van der Waals surface area contributed by atoms with Crippen LogP contribution in [0.2, 0.25) is 0 Å². The predicted octanol–water partition coefficient (Wildman–Crippen LogP) is 4.74. The molecule has 2 heteroatoms. The van der Waals surface area contributed by atoms with Crippen LogP contribution >= 0.6 is 0 Å². The molecular formula is C20H24N2. The van der Waals surface area contributed by atoms with Gasteiger partial charge in [-0.25, -0.2) is 0 Å². The average molecular weight is 292 g/mol. The van der Waals surface area contributed by atoms with Gasteiger partial charge >= 0.3 is 0 Å². The Labute approximate surface area is 133 Å². The Morgan fingerprint density at radius 1 is 1.05 bits per heavy atom. The lowest BCUT2D eigenvalue weighted by Gasteiger charge is -2.43. The van der Waals surface area contributed by atoms with E-state index in [1.165, 1.54) is 54.1 Å². The number of pyridine rings is 1. The largest absolute Gasteiger partial charge is 0.370 e. The molecule has 0 saturated carbocycles. The van der Waals surface area contributed by atoms with Crippen LogP contribution in [-0.2, 0) is 5.41 Å². The van der Waals surface area contributed by atoms with E-state index >= 15 is 0 Å². The van der Waals surface area contributed by atoms with Crippen LogP contribution < -0.4 is 4.90 Å². The molecular weight excluding hydrogens is 268 g/mol. The molecule has 0 radical (unpaired) electrons. The number of piperidine rings is 1. The van der Waals surface area contributed by atoms with Crippen LogP contribution in [0.25, 0.3) is 11.1 Å². The van der Waals surface area contributed by atoms with E-state index in [4.69, 9.17) is 4.98 Å². The van der Waals surface area contributed by atoms with Crippen molar-refractivity contribution in [1.29, 1.82) is 0 Å². The summed E-state index contributed by atoms with van der Waals surface area (Å²) in [6.45, 7) is 9.16. The SMILES string of the molecule is CC(C)(C)c1cc(-c2ccccc2)c2c(n1)C1CCN2CC1. The third kappa shape index (κ3) is 2.13. The zero-order chi connectivity index (χ0) is 15.3. The number of rotatable bonds is 1. The molecule has 0 N–H and O–H groups in total. The topological polar surface area (TPSA) is 16.1 Å². The Kier molecular flexibility index (Phi) is 3.04. The van der Waals surface area contributed by atoms with E-state index in [0.717, 1.165) is 0 Å². The zero-order valence-corrected chi connectivity index (χ0v) is 13.8. The molecule has 0 unspecified atom stereocenters. The standard InChI is InChI=1S/C20H24N2/c1-20(2,3)17-13-16(14-7-5-4-6-8-14)19-18(21-17)15-9-11-22(19)12-10-15/h4-8,13,15H,9-12H2,1-3H3. The van der Waals surface area contributed by atoms with Crippen LogP contribution in [0, 0.1) is 0 Å². The first-order chi connectivity index (χ1) is 10.5. The summed E-state index contributed by atoms with van der Waals surface area (Å²) in [6.07, 6.45) is 2.53. The van der Waals surface area contributed by atoms with Gasteiger partial charge in [0.25, 0.3) is 0 Å². The van der Waals surface area contributed by atoms with Gasteiger partial charge in [0.15, 0.2) is 0 Å². The lowest BCUT2D eigenvalue weighted by atomic mass is 9.81. The van der Waals surface area contributed by atoms with Gasteiger partial charge in [0.05, 0.1) is 11.4 Å². The van der Waals surface area contributed by atoms with Gasteiger partial charge in [-0.1, -0.05) is 51.1 Å². The van der Waals surface area contributed by atoms with Crippen molar-refractivity contribution in [3.05, 3.63) is 47.8 Å². The van der Waals surface area contributed by atoms with Gasteiger partial charge < -0.3 is 4.90 Å². The van der Waals surface area contributed by atoms with Crippen molar-refractivity contribution < 1.29 is 0 Å². The van der Waals surface area contributed by atoms with E-state index < -0.39 is 0 Å². The van der Waals surface area contributed by atoms with Crippen molar-refractivity contribution in [2.75, 3.05) is 18.0 Å². The second kappa shape index (κ2) is 4.84. The molecule has 22 heavy (non-hydrogen) atoms. The van der Waals surface area contributed by atoms with Crippen molar-refractivity contribution in [3.63, 3.8) is 0 Å². The summed E-state index contributed by atoms with van der Waals surface area (Å²) in [5.74, 6) is 0.657. The van der Waals surface area contributed by atoms with Gasteiger partial charge in [-0.3, -0.25) is 4.98 Å². The normalized spacial score (nSPS) is 17.7. The molecule has 114 valence electrons. The first-order valence-electron chi connectivity index (χ1n) is 8.40. The number of fused-ring (bicyclic) bond motifs is 2. The van der Waals surface area contributed by atoms with E-state index in [0.29, 0.717) is 5.92 Å². The second-order valence-corrected chi connectivity index (χ2v) is 7.67. The van der Waals surface area contributed by atoms with E-state index in [1.54, 1.807) is 0 Å². The number of hydrogen-bond donors (Lipinski definition) is 0. The fraction of sp³-hybridized carbons (Fsp3) is 0.450. The molecule has 0 atom stereocenters. The van der Waals surface area contributed by atoms with Crippen LogP contribution in [0.4, 0.5) is 5.69 Å². The van der Waals surface area contributed by atoms with Crippen molar-refractivity contribution in [1.82, 2.24) is 4.98 Å². The van der Waals surface area contributed by atoms with Gasteiger partial charge in [0.2, 0.25) is 0 Å². The summed E-state index contributed by atoms with van der Waals surface area (Å²) in [5, 5.41) is 0. The highest BCUT2D eigenvalue weighted by molar-refractivity contribution is 5.82. The Morgan fingerprint density at radius 2 is 1.73 bits per heavy atom. The van der Waals surface area contributed by atoms with Crippen LogP contribution in [0.1, 0.15) is 50.9 Å². The van der Waals surface area contributed by atoms with Gasteiger partial charge in [0, 0.05) is 35.7 Å². The summed E-state index contributed by atoms with van der Waals surface area (Å²) in [7, 11) is 0. The fourth-order valence-corrected chi connectivity index (χ4v) is 3.77. The molecule has 3 aliphatic rings. The van der Waals surface area contributed by atoms with Crippen LogP contribution in [-0.4, -0.2) is 18.1 Å². The minimum Gasteiger partial charge on any atom is -0.370 e. The van der Waals surface area contributed by atoms with E-state index in [2.05, 4.69) is 62.1 Å². The highest BCUT2D eigenvalue weighted by atomic mass is 15.2. The number of hydrogen-bond acceptors (Lipinski definition) is 2. The summed E-state index contributed by atoms with van der Waals surface area (Å²) < 4.78 is 0. The molecule has 3 aliphatic heterocycles. The van der Waals surface area contributed by atoms with Gasteiger partial charge in [-0.2, -0.15) is 0 Å². The fourth-order valence-electron chi connectivity index (χ4n) is 3.77. The maximum atomic E-state index is 5.11. The summed E-state index contributed by atoms with van der Waals surface area (Å²) in [4.78, 5) is 7.66. The number of benzene rings is 1. The van der Waals surface area contributed by atoms with Gasteiger partial charge in [-0.15, -0.1) is 0 Å². The Hall–Kier alpha value is -1.83. The molecule has 4 heterocycles. The maximum Gasteiger partial charge on any atom is 0.0678 e. The maximum absolute atomic E-state index is 5.11. The van der Waals surface area contributed by atoms with Crippen LogP contribution in [0.15, 0.2) is 36.4 Å². The van der Waals surface area contributed by atoms with Crippen molar-refractivity contribution in [2.24, 2.45) is 0 Å². The smallest absolute Gasteiger partial charge is 0.0678 e. The molecule has 0 aliphatic carbocycles. The van der Waals surface area contributed by atoms with Crippen LogP contribution in [0.5, 0.6) is 0 Å². The minimum absolute atomic E-state index is 0.0879. The second-order valence-electron chi connectivity index (χ2n) is 7.67. The number of aromatic nitrogens is 1. The molecule has 5 rings (SSSR count). The van der Waals surface area contributed by atoms with E-state index in [1.807, 2.05) is 0 Å². The van der Waals surface area contributed by atoms with E-state index in [9.17, 15) is 0 Å². The van der Waals surface area contributed by atoms with Gasteiger partial charge in [0.1, 0.15) is 0 Å². The predicted molar refractivity (Wildman–Crippen MR) is 92.6 cm³/mol. The zero-order valence-electron chi connectivity index (χ0n) is 13.8. The summed E-state index contributed by atoms with van der Waals surface area (Å²) >= 11 is 0. The van der Waals surface area contributed by atoms with Crippen LogP contribution in [0.3, 0.4) is 0 Å². The highest BCUT2D eigenvalue weighted by Crippen LogP contribution is 2.47. The van der Waals surface area contributed by atoms with E-state index in [-0.39, 0.29) is 5.41 Å². The van der Waals surface area contributed by atoms with Crippen molar-refractivity contribution in [3.8, 4) is 11.1 Å². The van der Waals surface area contributed by atoms with Gasteiger partial charge in [-0.05, 0) is 24.5 Å². The lowest BCUT2D eigenvalue weighted by Crippen LogP contribution is -2.40. The molecule has 2 bridgehead atoms. The molecule has 1 fully saturated rings. The third-order valence-corrected chi connectivity index (χ3v) is 5.07. The third-order valence-electron chi connectivity index (χ3n) is 5.07. The summed E-state index contributed by atoms with van der Waals surface area (Å²) in [5.41, 5.74) is 6.76. The number of anilines is 1. The molecule has 1 saturated heterocycles. The first kappa shape index (κ1) is 13.8. The molecule has 1 aromatic heterocycles. The summed E-state index contributed by atoms with van der Waals surface area (Å²) in [6, 6.07) is 13.1. The Bertz CT molecular complexity index is 690. The Balaban J connectivity index is 1.98. The molecule has 0 amide bonds. The first-order valence-corrected chi connectivity index (χ1v) is 8.40. The quantitative estimate of drug-likeness (QED) is 0.754. The molecule has 2 nitrogen and oxygen atoms in total.